The predicted molar refractivity (Wildman–Crippen MR) is 58.0 cm³/mol. The number of ether oxygens (including phenoxy) is 1. The van der Waals surface area contributed by atoms with Gasteiger partial charge in [0.25, 0.3) is 5.69 Å². The second-order valence-corrected chi connectivity index (χ2v) is 3.30. The van der Waals surface area contributed by atoms with E-state index in [0.717, 1.165) is 18.6 Å². The van der Waals surface area contributed by atoms with Gasteiger partial charge >= 0.3 is 0 Å². The van der Waals surface area contributed by atoms with Crippen molar-refractivity contribution < 1.29 is 9.66 Å². The summed E-state index contributed by atoms with van der Waals surface area (Å²) >= 11 is 0. The van der Waals surface area contributed by atoms with Gasteiger partial charge in [0.15, 0.2) is 0 Å². The van der Waals surface area contributed by atoms with Crippen LogP contribution in [0.2, 0.25) is 0 Å². The van der Waals surface area contributed by atoms with E-state index >= 15 is 0 Å². The number of hydrogen-bond acceptors (Lipinski definition) is 4. The van der Waals surface area contributed by atoms with Crippen LogP contribution >= 0.6 is 0 Å². The van der Waals surface area contributed by atoms with E-state index in [-0.39, 0.29) is 5.69 Å². The molecular weight excluding hydrogens is 208 g/mol. The van der Waals surface area contributed by atoms with Gasteiger partial charge in [-0.05, 0) is 25.0 Å². The molecule has 0 saturated carbocycles. The van der Waals surface area contributed by atoms with Crippen molar-refractivity contribution in [2.24, 2.45) is 0 Å². The molecular formula is C11H10N2O3. The number of pyridine rings is 1. The molecule has 1 aliphatic rings. The third-order valence-corrected chi connectivity index (χ3v) is 2.11. The largest absolute Gasteiger partial charge is 0.439 e. The molecule has 0 aromatic carbocycles. The van der Waals surface area contributed by atoms with Gasteiger partial charge in [0.2, 0.25) is 5.88 Å². The standard InChI is InChI=1S/C11H10N2O3/c14-13(15)9-6-7-11(12-8-9)16-10-4-2-1-3-5-10/h2,4-8H,1,3H2. The van der Waals surface area contributed by atoms with E-state index in [0.29, 0.717) is 5.88 Å². The SMILES string of the molecule is O=[N+]([O-])c1ccc(OC2=CCCC=C2)nc1. The lowest BCUT2D eigenvalue weighted by Crippen LogP contribution is -1.97. The van der Waals surface area contributed by atoms with E-state index in [1.165, 1.54) is 18.3 Å². The van der Waals surface area contributed by atoms with Crippen LogP contribution in [0.25, 0.3) is 0 Å². The summed E-state index contributed by atoms with van der Waals surface area (Å²) in [7, 11) is 0. The van der Waals surface area contributed by atoms with E-state index in [4.69, 9.17) is 4.74 Å². The van der Waals surface area contributed by atoms with Crippen LogP contribution in [0.3, 0.4) is 0 Å². The zero-order chi connectivity index (χ0) is 11.4. The number of aromatic nitrogens is 1. The Morgan fingerprint density at radius 1 is 1.38 bits per heavy atom. The Bertz CT molecular complexity index is 449. The summed E-state index contributed by atoms with van der Waals surface area (Å²) < 4.78 is 5.43. The fourth-order valence-corrected chi connectivity index (χ4v) is 1.33. The second kappa shape index (κ2) is 4.57. The molecule has 5 heteroatoms. The van der Waals surface area contributed by atoms with Crippen molar-refractivity contribution in [2.75, 3.05) is 0 Å². The average molecular weight is 218 g/mol. The second-order valence-electron chi connectivity index (χ2n) is 3.30. The molecule has 0 atom stereocenters. The molecule has 1 aromatic rings. The lowest BCUT2D eigenvalue weighted by molar-refractivity contribution is -0.385. The molecule has 0 saturated heterocycles. The first-order chi connectivity index (χ1) is 7.75. The number of nitrogens with zero attached hydrogens (tertiary/aromatic N) is 2. The van der Waals surface area contributed by atoms with Gasteiger partial charge in [0.05, 0.1) is 4.92 Å². The summed E-state index contributed by atoms with van der Waals surface area (Å²) in [6.07, 6.45) is 8.98. The topological polar surface area (TPSA) is 65.3 Å². The molecule has 0 bridgehead atoms. The quantitative estimate of drug-likeness (QED) is 0.577. The molecule has 0 N–H and O–H groups in total. The van der Waals surface area contributed by atoms with Crippen molar-refractivity contribution in [2.45, 2.75) is 12.8 Å². The van der Waals surface area contributed by atoms with Gasteiger partial charge in [-0.15, -0.1) is 0 Å². The molecule has 0 unspecified atom stereocenters. The normalized spacial score (nSPS) is 14.4. The van der Waals surface area contributed by atoms with Crippen molar-refractivity contribution in [1.82, 2.24) is 4.98 Å². The highest BCUT2D eigenvalue weighted by Gasteiger charge is 2.07. The van der Waals surface area contributed by atoms with Crippen LogP contribution in [-0.4, -0.2) is 9.91 Å². The average Bonchev–Trinajstić information content (AvgIpc) is 2.31. The maximum Gasteiger partial charge on any atom is 0.287 e. The summed E-state index contributed by atoms with van der Waals surface area (Å²) in [5.41, 5.74) is -0.0412. The predicted octanol–water partition coefficient (Wildman–Crippen LogP) is 2.60. The minimum absolute atomic E-state index is 0.0412. The molecule has 0 fully saturated rings. The lowest BCUT2D eigenvalue weighted by Gasteiger charge is -2.07. The molecule has 5 nitrogen and oxygen atoms in total. The van der Waals surface area contributed by atoms with Crippen molar-refractivity contribution in [3.63, 3.8) is 0 Å². The fourth-order valence-electron chi connectivity index (χ4n) is 1.33. The first-order valence-electron chi connectivity index (χ1n) is 4.91. The van der Waals surface area contributed by atoms with E-state index in [2.05, 4.69) is 4.98 Å². The van der Waals surface area contributed by atoms with Crippen molar-refractivity contribution in [3.05, 3.63) is 52.4 Å². The Labute approximate surface area is 92.2 Å². The van der Waals surface area contributed by atoms with Gasteiger partial charge in [-0.1, -0.05) is 6.08 Å². The number of hydrogen-bond donors (Lipinski definition) is 0. The molecule has 16 heavy (non-hydrogen) atoms. The molecule has 0 aliphatic heterocycles. The van der Waals surface area contributed by atoms with Crippen molar-refractivity contribution >= 4 is 5.69 Å². The summed E-state index contributed by atoms with van der Waals surface area (Å²) in [4.78, 5) is 13.8. The molecule has 1 heterocycles. The number of allylic oxidation sites excluding steroid dienone is 3. The molecule has 1 aromatic heterocycles. The summed E-state index contributed by atoms with van der Waals surface area (Å²) in [5.74, 6) is 1.09. The van der Waals surface area contributed by atoms with Crippen molar-refractivity contribution in [1.29, 1.82) is 0 Å². The zero-order valence-electron chi connectivity index (χ0n) is 8.50. The maximum atomic E-state index is 10.4. The van der Waals surface area contributed by atoms with Crippen LogP contribution < -0.4 is 4.74 Å². The molecule has 0 spiro atoms. The highest BCUT2D eigenvalue weighted by Crippen LogP contribution is 2.18. The van der Waals surface area contributed by atoms with Crippen LogP contribution in [-0.2, 0) is 0 Å². The molecule has 2 rings (SSSR count). The minimum atomic E-state index is -0.490. The van der Waals surface area contributed by atoms with Gasteiger partial charge in [0, 0.05) is 12.1 Å². The van der Waals surface area contributed by atoms with Crippen molar-refractivity contribution in [3.8, 4) is 5.88 Å². The van der Waals surface area contributed by atoms with E-state index < -0.39 is 4.92 Å². The van der Waals surface area contributed by atoms with E-state index in [1.54, 1.807) is 0 Å². The molecule has 0 amide bonds. The van der Waals surface area contributed by atoms with Crippen LogP contribution in [0.4, 0.5) is 5.69 Å². The Morgan fingerprint density at radius 2 is 2.25 bits per heavy atom. The minimum Gasteiger partial charge on any atom is -0.439 e. The highest BCUT2D eigenvalue weighted by molar-refractivity contribution is 5.30. The van der Waals surface area contributed by atoms with Gasteiger partial charge < -0.3 is 4.74 Å². The first kappa shape index (κ1) is 10.4. The van der Waals surface area contributed by atoms with Crippen LogP contribution in [0.15, 0.2) is 42.3 Å². The Kier molecular flexibility index (Phi) is 2.95. The summed E-state index contributed by atoms with van der Waals surface area (Å²) in [5, 5.41) is 10.4. The zero-order valence-corrected chi connectivity index (χ0v) is 8.50. The molecule has 0 radical (unpaired) electrons. The Hall–Kier alpha value is -2.17. The monoisotopic (exact) mass is 218 g/mol. The number of nitro groups is 1. The van der Waals surface area contributed by atoms with Gasteiger partial charge in [-0.2, -0.15) is 0 Å². The smallest absolute Gasteiger partial charge is 0.287 e. The first-order valence-corrected chi connectivity index (χ1v) is 4.91. The lowest BCUT2D eigenvalue weighted by atomic mass is 10.2. The third-order valence-electron chi connectivity index (χ3n) is 2.11. The highest BCUT2D eigenvalue weighted by atomic mass is 16.6. The van der Waals surface area contributed by atoms with Gasteiger partial charge in [-0.3, -0.25) is 10.1 Å². The van der Waals surface area contributed by atoms with Gasteiger partial charge in [0.1, 0.15) is 12.0 Å². The van der Waals surface area contributed by atoms with Crippen LogP contribution in [0.5, 0.6) is 5.88 Å². The molecule has 82 valence electrons. The number of rotatable bonds is 3. The van der Waals surface area contributed by atoms with Gasteiger partial charge in [-0.25, -0.2) is 4.98 Å². The van der Waals surface area contributed by atoms with E-state index in [9.17, 15) is 10.1 Å². The third kappa shape index (κ3) is 2.44. The summed E-state index contributed by atoms with van der Waals surface area (Å²) in [6, 6.07) is 2.86. The van der Waals surface area contributed by atoms with Crippen LogP contribution in [0.1, 0.15) is 12.8 Å². The molecule has 1 aliphatic carbocycles. The summed E-state index contributed by atoms with van der Waals surface area (Å²) in [6.45, 7) is 0. The Balaban J connectivity index is 2.08. The van der Waals surface area contributed by atoms with Crippen LogP contribution in [0, 0.1) is 10.1 Å². The Morgan fingerprint density at radius 3 is 2.81 bits per heavy atom. The maximum absolute atomic E-state index is 10.4. The fraction of sp³-hybridized carbons (Fsp3) is 0.182. The van der Waals surface area contributed by atoms with E-state index in [1.807, 2.05) is 18.2 Å².